The molecule has 2 aromatic rings. The van der Waals surface area contributed by atoms with E-state index in [9.17, 15) is 14.9 Å². The maximum Gasteiger partial charge on any atom is 0.303 e. The van der Waals surface area contributed by atoms with Gasteiger partial charge in [0.1, 0.15) is 5.52 Å². The van der Waals surface area contributed by atoms with Crippen LogP contribution in [0.15, 0.2) is 18.3 Å². The summed E-state index contributed by atoms with van der Waals surface area (Å²) in [5.74, 6) is -0.398. The minimum atomic E-state index is -0.856. The standard InChI is InChI=1S/C15H16N2O4/c1-16-8-10(4-7-13(18)19)14-11(9-2-3-9)5-6-12(15(14)16)17(20)21/h5-6,8-9H,2-4,7H2,1H3,(H,18,19). The van der Waals surface area contributed by atoms with Crippen LogP contribution in [0.2, 0.25) is 0 Å². The number of non-ortho nitro benzene ring substituents is 1. The first-order valence-corrected chi connectivity index (χ1v) is 6.96. The molecular weight excluding hydrogens is 272 g/mol. The summed E-state index contributed by atoms with van der Waals surface area (Å²) in [6.45, 7) is 0. The summed E-state index contributed by atoms with van der Waals surface area (Å²) in [6.07, 6.45) is 4.45. The number of hydrogen-bond donors (Lipinski definition) is 1. The molecule has 1 heterocycles. The predicted octanol–water partition coefficient (Wildman–Crippen LogP) is 2.98. The van der Waals surface area contributed by atoms with Crippen LogP contribution in [0.4, 0.5) is 5.69 Å². The maximum atomic E-state index is 11.2. The zero-order chi connectivity index (χ0) is 15.1. The zero-order valence-corrected chi connectivity index (χ0v) is 11.7. The molecule has 1 aromatic carbocycles. The van der Waals surface area contributed by atoms with Crippen LogP contribution >= 0.6 is 0 Å². The highest BCUT2D eigenvalue weighted by Gasteiger charge is 2.30. The van der Waals surface area contributed by atoms with Gasteiger partial charge < -0.3 is 9.67 Å². The Kier molecular flexibility index (Phi) is 3.16. The van der Waals surface area contributed by atoms with Crippen LogP contribution in [0.3, 0.4) is 0 Å². The van der Waals surface area contributed by atoms with E-state index in [2.05, 4.69) is 0 Å². The molecule has 6 nitrogen and oxygen atoms in total. The number of carboxylic acids is 1. The average Bonchev–Trinajstić information content (AvgIpc) is 3.21. The summed E-state index contributed by atoms with van der Waals surface area (Å²) in [5.41, 5.74) is 2.69. The zero-order valence-electron chi connectivity index (χ0n) is 11.7. The van der Waals surface area contributed by atoms with Crippen LogP contribution in [0.1, 0.15) is 36.3 Å². The highest BCUT2D eigenvalue weighted by atomic mass is 16.6. The Labute approximate surface area is 121 Å². The SMILES string of the molecule is Cn1cc(CCC(=O)O)c2c(C3CC3)ccc([N+](=O)[O-])c21. The molecule has 0 radical (unpaired) electrons. The highest BCUT2D eigenvalue weighted by Crippen LogP contribution is 2.46. The Hall–Kier alpha value is -2.37. The van der Waals surface area contributed by atoms with Crippen LogP contribution in [-0.4, -0.2) is 20.6 Å². The summed E-state index contributed by atoms with van der Waals surface area (Å²) in [7, 11) is 1.77. The second-order valence-corrected chi connectivity index (χ2v) is 5.59. The first-order chi connectivity index (χ1) is 9.99. The molecule has 1 aliphatic carbocycles. The number of aryl methyl sites for hydroxylation is 2. The molecule has 1 aliphatic rings. The van der Waals surface area contributed by atoms with Gasteiger partial charge in [-0.2, -0.15) is 0 Å². The first kappa shape index (κ1) is 13.6. The van der Waals surface area contributed by atoms with Crippen molar-refractivity contribution >= 4 is 22.6 Å². The number of aliphatic carboxylic acids is 1. The molecular formula is C15H16N2O4. The molecule has 0 atom stereocenters. The van der Waals surface area contributed by atoms with Crippen molar-refractivity contribution in [2.75, 3.05) is 0 Å². The molecule has 0 amide bonds. The van der Waals surface area contributed by atoms with Crippen LogP contribution in [0.25, 0.3) is 10.9 Å². The van der Waals surface area contributed by atoms with E-state index in [4.69, 9.17) is 5.11 Å². The molecule has 0 saturated heterocycles. The van der Waals surface area contributed by atoms with Gasteiger partial charge in [0, 0.05) is 31.1 Å². The van der Waals surface area contributed by atoms with Crippen molar-refractivity contribution in [1.29, 1.82) is 0 Å². The van der Waals surface area contributed by atoms with E-state index in [1.807, 2.05) is 12.3 Å². The van der Waals surface area contributed by atoms with Gasteiger partial charge in [0.05, 0.1) is 4.92 Å². The molecule has 1 N–H and O–H groups in total. The van der Waals surface area contributed by atoms with Gasteiger partial charge >= 0.3 is 5.97 Å². The topological polar surface area (TPSA) is 85.4 Å². The largest absolute Gasteiger partial charge is 0.481 e. The number of nitro groups is 1. The number of carbonyl (C=O) groups is 1. The molecule has 1 aromatic heterocycles. The monoisotopic (exact) mass is 288 g/mol. The van der Waals surface area contributed by atoms with E-state index in [0.717, 1.165) is 29.4 Å². The number of nitro benzene ring substituents is 1. The number of hydrogen-bond acceptors (Lipinski definition) is 3. The van der Waals surface area contributed by atoms with Crippen LogP contribution in [0.5, 0.6) is 0 Å². The molecule has 1 fully saturated rings. The Morgan fingerprint density at radius 3 is 2.76 bits per heavy atom. The lowest BCUT2D eigenvalue weighted by Crippen LogP contribution is -1.98. The van der Waals surface area contributed by atoms with Gasteiger partial charge in [-0.15, -0.1) is 0 Å². The fourth-order valence-electron chi connectivity index (χ4n) is 2.97. The summed E-state index contributed by atoms with van der Waals surface area (Å²) in [5, 5.41) is 21.0. The van der Waals surface area contributed by atoms with Gasteiger partial charge in [0.25, 0.3) is 5.69 Å². The number of rotatable bonds is 5. The highest BCUT2D eigenvalue weighted by molar-refractivity contribution is 5.95. The van der Waals surface area contributed by atoms with Gasteiger partial charge in [-0.25, -0.2) is 0 Å². The third-order valence-electron chi connectivity index (χ3n) is 4.03. The molecule has 6 heteroatoms. The molecule has 1 saturated carbocycles. The van der Waals surface area contributed by atoms with E-state index >= 15 is 0 Å². The van der Waals surface area contributed by atoms with Crippen molar-refractivity contribution in [3.8, 4) is 0 Å². The van der Waals surface area contributed by atoms with E-state index < -0.39 is 5.97 Å². The van der Waals surface area contributed by atoms with Gasteiger partial charge in [0.15, 0.2) is 0 Å². The molecule has 21 heavy (non-hydrogen) atoms. The molecule has 0 aliphatic heterocycles. The van der Waals surface area contributed by atoms with Crippen LogP contribution in [-0.2, 0) is 18.3 Å². The van der Waals surface area contributed by atoms with Crippen molar-refractivity contribution < 1.29 is 14.8 Å². The lowest BCUT2D eigenvalue weighted by Gasteiger charge is -2.05. The molecule has 0 unspecified atom stereocenters. The first-order valence-electron chi connectivity index (χ1n) is 6.96. The minimum Gasteiger partial charge on any atom is -0.481 e. The minimum absolute atomic E-state index is 0.0336. The molecule has 0 bridgehead atoms. The van der Waals surface area contributed by atoms with Gasteiger partial charge in [-0.1, -0.05) is 6.07 Å². The van der Waals surface area contributed by atoms with Gasteiger partial charge in [-0.3, -0.25) is 14.9 Å². The van der Waals surface area contributed by atoms with Crippen molar-refractivity contribution in [2.24, 2.45) is 7.05 Å². The fraction of sp³-hybridized carbons (Fsp3) is 0.400. The average molecular weight is 288 g/mol. The number of carboxylic acid groups (broad SMARTS) is 1. The summed E-state index contributed by atoms with van der Waals surface area (Å²) in [4.78, 5) is 21.7. The van der Waals surface area contributed by atoms with Crippen molar-refractivity contribution in [3.63, 3.8) is 0 Å². The number of fused-ring (bicyclic) bond motifs is 1. The van der Waals surface area contributed by atoms with Gasteiger partial charge in [-0.05, 0) is 36.3 Å². The van der Waals surface area contributed by atoms with Crippen molar-refractivity contribution in [3.05, 3.63) is 39.6 Å². The third kappa shape index (κ3) is 2.37. The maximum absolute atomic E-state index is 11.2. The number of benzene rings is 1. The Morgan fingerprint density at radius 2 is 2.19 bits per heavy atom. The predicted molar refractivity (Wildman–Crippen MR) is 77.5 cm³/mol. The van der Waals surface area contributed by atoms with Crippen molar-refractivity contribution in [1.82, 2.24) is 4.57 Å². The quantitative estimate of drug-likeness (QED) is 0.677. The number of aromatic nitrogens is 1. The fourth-order valence-corrected chi connectivity index (χ4v) is 2.97. The molecule has 110 valence electrons. The lowest BCUT2D eigenvalue weighted by atomic mass is 9.99. The van der Waals surface area contributed by atoms with E-state index in [-0.39, 0.29) is 17.0 Å². The van der Waals surface area contributed by atoms with E-state index in [1.165, 1.54) is 0 Å². The molecule has 3 rings (SSSR count). The molecule has 0 spiro atoms. The van der Waals surface area contributed by atoms with E-state index in [1.54, 1.807) is 17.7 Å². The lowest BCUT2D eigenvalue weighted by molar-refractivity contribution is -0.383. The summed E-state index contributed by atoms with van der Waals surface area (Å²) >= 11 is 0. The number of nitrogens with zero attached hydrogens (tertiary/aromatic N) is 2. The Bertz CT molecular complexity index is 744. The second-order valence-electron chi connectivity index (χ2n) is 5.59. The third-order valence-corrected chi connectivity index (χ3v) is 4.03. The Morgan fingerprint density at radius 1 is 1.48 bits per heavy atom. The van der Waals surface area contributed by atoms with Crippen molar-refractivity contribution in [2.45, 2.75) is 31.6 Å². The van der Waals surface area contributed by atoms with Crippen LogP contribution in [0, 0.1) is 10.1 Å². The van der Waals surface area contributed by atoms with Gasteiger partial charge in [0.2, 0.25) is 0 Å². The normalized spacial score (nSPS) is 14.5. The Balaban J connectivity index is 2.21. The van der Waals surface area contributed by atoms with Crippen LogP contribution < -0.4 is 0 Å². The smallest absolute Gasteiger partial charge is 0.303 e. The summed E-state index contributed by atoms with van der Waals surface area (Å²) in [6, 6.07) is 3.40. The summed E-state index contributed by atoms with van der Waals surface area (Å²) < 4.78 is 1.75. The second kappa shape index (κ2) is 4.87. The van der Waals surface area contributed by atoms with E-state index in [0.29, 0.717) is 17.9 Å².